The van der Waals surface area contributed by atoms with Crippen LogP contribution in [-0.2, 0) is 10.0 Å². The molecule has 0 N–H and O–H groups in total. The molecule has 0 bridgehead atoms. The molecule has 0 saturated heterocycles. The van der Waals surface area contributed by atoms with Crippen LogP contribution in [0.2, 0.25) is 0 Å². The SMILES string of the molecule is CS(=O)(=O)N1C=C(c2ccccc2)C/C2=C/CCCCCCC[C@@H]21. The molecule has 1 heterocycles. The number of hydrogen-bond acceptors (Lipinski definition) is 2. The van der Waals surface area contributed by atoms with Gasteiger partial charge in [-0.1, -0.05) is 62.1 Å². The molecule has 24 heavy (non-hydrogen) atoms. The number of benzene rings is 1. The van der Waals surface area contributed by atoms with Gasteiger partial charge in [0.05, 0.1) is 12.3 Å². The Balaban J connectivity index is 2.01. The van der Waals surface area contributed by atoms with Crippen LogP contribution in [-0.4, -0.2) is 25.0 Å². The summed E-state index contributed by atoms with van der Waals surface area (Å²) in [5.74, 6) is 0. The van der Waals surface area contributed by atoms with E-state index < -0.39 is 10.0 Å². The lowest BCUT2D eigenvalue weighted by Crippen LogP contribution is -2.39. The minimum absolute atomic E-state index is 0.00515. The van der Waals surface area contributed by atoms with Crippen LogP contribution >= 0.6 is 0 Å². The summed E-state index contributed by atoms with van der Waals surface area (Å²) in [7, 11) is -3.27. The van der Waals surface area contributed by atoms with Crippen LogP contribution in [0.1, 0.15) is 56.9 Å². The molecule has 0 aromatic heterocycles. The standard InChI is InChI=1S/C20H27NO2S/c1-24(22,23)21-16-19(17-11-8-6-9-12-17)15-18-13-7-4-2-3-5-10-14-20(18)21/h6,8-9,11-13,16,20H,2-5,7,10,14-15H2,1H3/b18-13-/t20-/m0/s1. The van der Waals surface area contributed by atoms with Gasteiger partial charge >= 0.3 is 0 Å². The number of sulfonamides is 1. The second kappa shape index (κ2) is 7.56. The average Bonchev–Trinajstić information content (AvgIpc) is 2.58. The summed E-state index contributed by atoms with van der Waals surface area (Å²) < 4.78 is 26.5. The molecule has 0 spiro atoms. The minimum atomic E-state index is -3.27. The van der Waals surface area contributed by atoms with Crippen molar-refractivity contribution >= 4 is 15.6 Å². The smallest absolute Gasteiger partial charge is 0.232 e. The van der Waals surface area contributed by atoms with Gasteiger partial charge in [-0.05, 0) is 42.4 Å². The number of hydrogen-bond donors (Lipinski definition) is 0. The van der Waals surface area contributed by atoms with Gasteiger partial charge in [-0.2, -0.15) is 0 Å². The van der Waals surface area contributed by atoms with E-state index in [0.717, 1.165) is 36.8 Å². The highest BCUT2D eigenvalue weighted by Crippen LogP contribution is 2.36. The van der Waals surface area contributed by atoms with Gasteiger partial charge in [0.25, 0.3) is 0 Å². The maximum atomic E-state index is 12.4. The van der Waals surface area contributed by atoms with Gasteiger partial charge in [0.1, 0.15) is 0 Å². The van der Waals surface area contributed by atoms with Crippen LogP contribution in [0.5, 0.6) is 0 Å². The third kappa shape index (κ3) is 4.10. The molecule has 0 amide bonds. The predicted molar refractivity (Wildman–Crippen MR) is 99.9 cm³/mol. The van der Waals surface area contributed by atoms with Crippen molar-refractivity contribution < 1.29 is 8.42 Å². The lowest BCUT2D eigenvalue weighted by Gasteiger charge is -2.36. The zero-order chi connectivity index (χ0) is 17.0. The summed E-state index contributed by atoms with van der Waals surface area (Å²) >= 11 is 0. The maximum absolute atomic E-state index is 12.4. The summed E-state index contributed by atoms with van der Waals surface area (Å²) in [6, 6.07) is 10.1. The molecule has 1 atom stereocenters. The molecule has 1 aliphatic carbocycles. The Labute approximate surface area is 146 Å². The average molecular weight is 346 g/mol. The molecule has 1 aromatic carbocycles. The van der Waals surface area contributed by atoms with Gasteiger partial charge in [-0.25, -0.2) is 8.42 Å². The molecule has 1 aromatic rings. The van der Waals surface area contributed by atoms with Crippen LogP contribution < -0.4 is 0 Å². The third-order valence-corrected chi connectivity index (χ3v) is 6.15. The second-order valence-corrected chi connectivity index (χ2v) is 8.82. The Kier molecular flexibility index (Phi) is 5.44. The lowest BCUT2D eigenvalue weighted by molar-refractivity contribution is 0.390. The molecule has 2 aliphatic rings. The van der Waals surface area contributed by atoms with Crippen molar-refractivity contribution in [3.8, 4) is 0 Å². The fraction of sp³-hybridized carbons (Fsp3) is 0.500. The van der Waals surface area contributed by atoms with E-state index in [0.29, 0.717) is 0 Å². The largest absolute Gasteiger partial charge is 0.270 e. The Morgan fingerprint density at radius 1 is 1.00 bits per heavy atom. The first kappa shape index (κ1) is 17.3. The van der Waals surface area contributed by atoms with E-state index in [-0.39, 0.29) is 6.04 Å². The maximum Gasteiger partial charge on any atom is 0.232 e. The van der Waals surface area contributed by atoms with Gasteiger partial charge in [0.2, 0.25) is 10.0 Å². The van der Waals surface area contributed by atoms with Crippen molar-refractivity contribution in [1.29, 1.82) is 0 Å². The van der Waals surface area contributed by atoms with Crippen molar-refractivity contribution in [3.05, 3.63) is 53.7 Å². The van der Waals surface area contributed by atoms with Gasteiger partial charge < -0.3 is 0 Å². The summed E-state index contributed by atoms with van der Waals surface area (Å²) in [4.78, 5) is 0. The van der Waals surface area contributed by atoms with Gasteiger partial charge in [-0.3, -0.25) is 4.31 Å². The first-order valence-electron chi connectivity index (χ1n) is 8.99. The second-order valence-electron chi connectivity index (χ2n) is 6.93. The number of nitrogens with zero attached hydrogens (tertiary/aromatic N) is 1. The van der Waals surface area contributed by atoms with Crippen LogP contribution in [0.3, 0.4) is 0 Å². The summed E-state index contributed by atoms with van der Waals surface area (Å²) in [5.41, 5.74) is 3.49. The highest BCUT2D eigenvalue weighted by atomic mass is 32.2. The van der Waals surface area contributed by atoms with E-state index in [2.05, 4.69) is 18.2 Å². The third-order valence-electron chi connectivity index (χ3n) is 5.03. The molecule has 0 fully saturated rings. The number of rotatable bonds is 2. The van der Waals surface area contributed by atoms with Gasteiger partial charge in [-0.15, -0.1) is 0 Å². The zero-order valence-electron chi connectivity index (χ0n) is 14.4. The van der Waals surface area contributed by atoms with Gasteiger partial charge in [0, 0.05) is 6.20 Å². The van der Waals surface area contributed by atoms with E-state index in [1.54, 1.807) is 4.31 Å². The molecule has 4 heteroatoms. The minimum Gasteiger partial charge on any atom is -0.270 e. The van der Waals surface area contributed by atoms with Crippen molar-refractivity contribution in [2.75, 3.05) is 6.26 Å². The molecule has 130 valence electrons. The van der Waals surface area contributed by atoms with E-state index >= 15 is 0 Å². The lowest BCUT2D eigenvalue weighted by atomic mass is 9.87. The van der Waals surface area contributed by atoms with Crippen LogP contribution in [0.25, 0.3) is 5.57 Å². The molecule has 3 nitrogen and oxygen atoms in total. The van der Waals surface area contributed by atoms with Crippen LogP contribution in [0.15, 0.2) is 48.2 Å². The van der Waals surface area contributed by atoms with Gasteiger partial charge in [0.15, 0.2) is 0 Å². The van der Waals surface area contributed by atoms with E-state index in [1.165, 1.54) is 37.5 Å². The zero-order valence-corrected chi connectivity index (χ0v) is 15.3. The first-order valence-corrected chi connectivity index (χ1v) is 10.8. The Morgan fingerprint density at radius 2 is 1.71 bits per heavy atom. The quantitative estimate of drug-likeness (QED) is 0.727. The topological polar surface area (TPSA) is 37.4 Å². The molecule has 0 saturated carbocycles. The molecular weight excluding hydrogens is 318 g/mol. The molecule has 0 radical (unpaired) electrons. The fourth-order valence-electron chi connectivity index (χ4n) is 3.77. The van der Waals surface area contributed by atoms with Crippen molar-refractivity contribution in [2.45, 2.75) is 57.4 Å². The highest BCUT2D eigenvalue weighted by Gasteiger charge is 2.31. The summed E-state index contributed by atoms with van der Waals surface area (Å²) in [6.07, 6.45) is 14.4. The monoisotopic (exact) mass is 345 g/mol. The molecule has 3 rings (SSSR count). The van der Waals surface area contributed by atoms with Crippen LogP contribution in [0.4, 0.5) is 0 Å². The Morgan fingerprint density at radius 3 is 2.46 bits per heavy atom. The Bertz CT molecular complexity index is 719. The Hall–Kier alpha value is -1.55. The number of allylic oxidation sites excluding steroid dienone is 2. The van der Waals surface area contributed by atoms with Crippen molar-refractivity contribution in [3.63, 3.8) is 0 Å². The predicted octanol–water partition coefficient (Wildman–Crippen LogP) is 4.73. The molecule has 0 unspecified atom stereocenters. The van der Waals surface area contributed by atoms with Crippen molar-refractivity contribution in [2.24, 2.45) is 0 Å². The summed E-state index contributed by atoms with van der Waals surface area (Å²) in [5, 5.41) is 0. The normalized spacial score (nSPS) is 25.2. The molecular formula is C20H27NO2S. The fourth-order valence-corrected chi connectivity index (χ4v) is 4.79. The van der Waals surface area contributed by atoms with Crippen LogP contribution in [0, 0.1) is 0 Å². The van der Waals surface area contributed by atoms with E-state index in [4.69, 9.17) is 0 Å². The first-order chi connectivity index (χ1) is 11.6. The molecule has 1 aliphatic heterocycles. The van der Waals surface area contributed by atoms with E-state index in [1.807, 2.05) is 24.4 Å². The summed E-state index contributed by atoms with van der Waals surface area (Å²) in [6.45, 7) is 0. The highest BCUT2D eigenvalue weighted by molar-refractivity contribution is 7.88. The van der Waals surface area contributed by atoms with Crippen molar-refractivity contribution in [1.82, 2.24) is 4.31 Å². The van der Waals surface area contributed by atoms with E-state index in [9.17, 15) is 8.42 Å². The number of fused-ring (bicyclic) bond motifs is 1.